The number of carbonyl (C=O) groups is 1. The number of aromatic nitrogens is 4. The second-order valence-electron chi connectivity index (χ2n) is 5.47. The number of amides is 1. The van der Waals surface area contributed by atoms with Crippen molar-refractivity contribution < 1.29 is 4.79 Å². The molecular formula is C19H15N5O. The predicted molar refractivity (Wildman–Crippen MR) is 95.1 cm³/mol. The number of hydrogen-bond acceptors (Lipinski definition) is 3. The van der Waals surface area contributed by atoms with Gasteiger partial charge in [-0.3, -0.25) is 4.79 Å². The lowest BCUT2D eigenvalue weighted by Crippen LogP contribution is -2.12. The fourth-order valence-electron chi connectivity index (χ4n) is 2.52. The summed E-state index contributed by atoms with van der Waals surface area (Å²) in [6, 6.07) is 16.7. The van der Waals surface area contributed by atoms with Gasteiger partial charge in [-0.25, -0.2) is 9.67 Å². The van der Waals surface area contributed by atoms with Crippen molar-refractivity contribution in [3.63, 3.8) is 0 Å². The lowest BCUT2D eigenvalue weighted by atomic mass is 10.2. The average molecular weight is 329 g/mol. The highest BCUT2D eigenvalue weighted by molar-refractivity contribution is 6.04. The van der Waals surface area contributed by atoms with E-state index in [1.807, 2.05) is 59.4 Å². The first-order valence-corrected chi connectivity index (χ1v) is 7.79. The van der Waals surface area contributed by atoms with Crippen molar-refractivity contribution in [2.75, 3.05) is 5.32 Å². The van der Waals surface area contributed by atoms with Gasteiger partial charge in [-0.15, -0.1) is 0 Å². The maximum atomic E-state index is 12.4. The van der Waals surface area contributed by atoms with Crippen LogP contribution >= 0.6 is 0 Å². The number of benzene rings is 2. The van der Waals surface area contributed by atoms with Crippen LogP contribution in [-0.2, 0) is 0 Å². The lowest BCUT2D eigenvalue weighted by Gasteiger charge is -2.08. The molecule has 6 heteroatoms. The van der Waals surface area contributed by atoms with Gasteiger partial charge >= 0.3 is 0 Å². The Morgan fingerprint density at radius 2 is 1.64 bits per heavy atom. The Hall–Kier alpha value is -3.67. The summed E-state index contributed by atoms with van der Waals surface area (Å²) in [7, 11) is 0. The van der Waals surface area contributed by atoms with Gasteiger partial charge in [0.15, 0.2) is 0 Å². The molecule has 0 saturated carbocycles. The standard InChI is InChI=1S/C19H15N5O/c25-19(15-2-6-18(7-3-15)24-12-1-10-21-24)22-16-4-8-17(9-5-16)23-13-11-20-14-23/h1-14H,(H,22,25). The second-order valence-corrected chi connectivity index (χ2v) is 5.47. The number of hydrogen-bond donors (Lipinski definition) is 1. The Bertz CT molecular complexity index is 956. The van der Waals surface area contributed by atoms with Crippen LogP contribution in [-0.4, -0.2) is 25.2 Å². The maximum Gasteiger partial charge on any atom is 0.255 e. The Balaban J connectivity index is 1.46. The van der Waals surface area contributed by atoms with Crippen LogP contribution in [0.2, 0.25) is 0 Å². The smallest absolute Gasteiger partial charge is 0.255 e. The number of nitrogens with one attached hydrogen (secondary N) is 1. The molecule has 0 aliphatic rings. The van der Waals surface area contributed by atoms with Crippen LogP contribution < -0.4 is 5.32 Å². The predicted octanol–water partition coefficient (Wildman–Crippen LogP) is 3.31. The molecule has 4 aromatic rings. The summed E-state index contributed by atoms with van der Waals surface area (Å²) in [5, 5.41) is 7.07. The Morgan fingerprint density at radius 1 is 0.880 bits per heavy atom. The molecule has 0 atom stereocenters. The van der Waals surface area contributed by atoms with Crippen molar-refractivity contribution in [2.24, 2.45) is 0 Å². The van der Waals surface area contributed by atoms with Crippen LogP contribution in [0.4, 0.5) is 5.69 Å². The van der Waals surface area contributed by atoms with Gasteiger partial charge in [-0.05, 0) is 54.6 Å². The van der Waals surface area contributed by atoms with E-state index in [4.69, 9.17) is 0 Å². The average Bonchev–Trinajstić information content (AvgIpc) is 3.36. The number of nitrogens with zero attached hydrogens (tertiary/aromatic N) is 4. The van der Waals surface area contributed by atoms with Crippen LogP contribution in [0.15, 0.2) is 85.7 Å². The van der Waals surface area contributed by atoms with Crippen molar-refractivity contribution >= 4 is 11.6 Å². The highest BCUT2D eigenvalue weighted by atomic mass is 16.1. The van der Waals surface area contributed by atoms with E-state index in [9.17, 15) is 4.79 Å². The maximum absolute atomic E-state index is 12.4. The van der Waals surface area contributed by atoms with Gasteiger partial charge < -0.3 is 9.88 Å². The summed E-state index contributed by atoms with van der Waals surface area (Å²) < 4.78 is 3.65. The summed E-state index contributed by atoms with van der Waals surface area (Å²) >= 11 is 0. The molecule has 0 aliphatic heterocycles. The molecule has 25 heavy (non-hydrogen) atoms. The van der Waals surface area contributed by atoms with E-state index >= 15 is 0 Å². The van der Waals surface area contributed by atoms with Crippen LogP contribution in [0.1, 0.15) is 10.4 Å². The molecule has 0 spiro atoms. The third kappa shape index (κ3) is 3.18. The molecule has 1 amide bonds. The van der Waals surface area contributed by atoms with Gasteiger partial charge in [0, 0.05) is 41.7 Å². The number of anilines is 1. The molecule has 0 radical (unpaired) electrons. The van der Waals surface area contributed by atoms with Crippen molar-refractivity contribution in [3.8, 4) is 11.4 Å². The summed E-state index contributed by atoms with van der Waals surface area (Å²) in [6.45, 7) is 0. The van der Waals surface area contributed by atoms with Gasteiger partial charge in [-0.2, -0.15) is 5.10 Å². The molecule has 2 heterocycles. The molecule has 0 unspecified atom stereocenters. The zero-order valence-corrected chi connectivity index (χ0v) is 13.3. The van der Waals surface area contributed by atoms with E-state index < -0.39 is 0 Å². The van der Waals surface area contributed by atoms with Gasteiger partial charge in [0.25, 0.3) is 5.91 Å². The molecule has 0 bridgehead atoms. The third-order valence-electron chi connectivity index (χ3n) is 3.83. The summed E-state index contributed by atoms with van der Waals surface area (Å²) in [5.41, 5.74) is 3.23. The van der Waals surface area contributed by atoms with E-state index in [0.29, 0.717) is 5.56 Å². The summed E-state index contributed by atoms with van der Waals surface area (Å²) in [4.78, 5) is 16.4. The molecule has 122 valence electrons. The van der Waals surface area contributed by atoms with Crippen molar-refractivity contribution in [3.05, 3.63) is 91.3 Å². The molecule has 1 N–H and O–H groups in total. The van der Waals surface area contributed by atoms with E-state index in [2.05, 4.69) is 15.4 Å². The minimum Gasteiger partial charge on any atom is -0.322 e. The normalized spacial score (nSPS) is 10.6. The zero-order valence-electron chi connectivity index (χ0n) is 13.3. The van der Waals surface area contributed by atoms with Crippen LogP contribution in [0, 0.1) is 0 Å². The molecule has 4 rings (SSSR count). The molecular weight excluding hydrogens is 314 g/mol. The molecule has 0 saturated heterocycles. The minimum absolute atomic E-state index is 0.151. The van der Waals surface area contributed by atoms with Gasteiger partial charge in [0.2, 0.25) is 0 Å². The summed E-state index contributed by atoms with van der Waals surface area (Å²) in [6.07, 6.45) is 8.90. The largest absolute Gasteiger partial charge is 0.322 e. The van der Waals surface area contributed by atoms with E-state index in [1.165, 1.54) is 0 Å². The number of rotatable bonds is 4. The van der Waals surface area contributed by atoms with Gasteiger partial charge in [0.1, 0.15) is 0 Å². The van der Waals surface area contributed by atoms with Gasteiger partial charge in [0.05, 0.1) is 12.0 Å². The lowest BCUT2D eigenvalue weighted by molar-refractivity contribution is 0.102. The van der Waals surface area contributed by atoms with E-state index in [-0.39, 0.29) is 5.91 Å². The van der Waals surface area contributed by atoms with Crippen molar-refractivity contribution in [1.29, 1.82) is 0 Å². The Labute approximate surface area is 144 Å². The number of carbonyl (C=O) groups excluding carboxylic acids is 1. The molecule has 0 fully saturated rings. The van der Waals surface area contributed by atoms with Crippen molar-refractivity contribution in [2.45, 2.75) is 0 Å². The highest BCUT2D eigenvalue weighted by Gasteiger charge is 2.07. The fraction of sp³-hybridized carbons (Fsp3) is 0. The second kappa shape index (κ2) is 6.45. The Kier molecular flexibility index (Phi) is 3.84. The highest BCUT2D eigenvalue weighted by Crippen LogP contribution is 2.15. The first-order valence-electron chi connectivity index (χ1n) is 7.79. The summed E-state index contributed by atoms with van der Waals surface area (Å²) in [5.74, 6) is -0.151. The topological polar surface area (TPSA) is 64.7 Å². The first-order chi connectivity index (χ1) is 12.3. The van der Waals surface area contributed by atoms with Crippen LogP contribution in [0.25, 0.3) is 11.4 Å². The van der Waals surface area contributed by atoms with E-state index in [0.717, 1.165) is 17.1 Å². The fourth-order valence-corrected chi connectivity index (χ4v) is 2.52. The van der Waals surface area contributed by atoms with Crippen LogP contribution in [0.5, 0.6) is 0 Å². The Morgan fingerprint density at radius 3 is 2.28 bits per heavy atom. The monoisotopic (exact) mass is 329 g/mol. The zero-order chi connectivity index (χ0) is 17.1. The SMILES string of the molecule is O=C(Nc1ccc(-n2ccnc2)cc1)c1ccc(-n2cccn2)cc1. The third-order valence-corrected chi connectivity index (χ3v) is 3.83. The minimum atomic E-state index is -0.151. The van der Waals surface area contributed by atoms with E-state index in [1.54, 1.807) is 35.5 Å². The number of imidazole rings is 1. The quantitative estimate of drug-likeness (QED) is 0.625. The molecule has 2 aromatic heterocycles. The van der Waals surface area contributed by atoms with Gasteiger partial charge in [-0.1, -0.05) is 0 Å². The molecule has 0 aliphatic carbocycles. The first kappa shape index (κ1) is 14.9. The van der Waals surface area contributed by atoms with Crippen LogP contribution in [0.3, 0.4) is 0 Å². The molecule has 2 aromatic carbocycles. The molecule has 6 nitrogen and oxygen atoms in total. The van der Waals surface area contributed by atoms with Crippen molar-refractivity contribution in [1.82, 2.24) is 19.3 Å².